The third-order valence-corrected chi connectivity index (χ3v) is 3.83. The maximum absolute atomic E-state index is 12.4. The van der Waals surface area contributed by atoms with E-state index in [0.29, 0.717) is 0 Å². The molecule has 0 amide bonds. The number of carbonyl (C=O) groups is 1. The van der Waals surface area contributed by atoms with Gasteiger partial charge in [-0.3, -0.25) is 9.69 Å². The van der Waals surface area contributed by atoms with Crippen LogP contribution in [0.25, 0.3) is 0 Å². The number of hydrogen-bond acceptors (Lipinski definition) is 4. The van der Waals surface area contributed by atoms with Gasteiger partial charge in [-0.25, -0.2) is 0 Å². The van der Waals surface area contributed by atoms with Crippen LogP contribution < -0.4 is 0 Å². The van der Waals surface area contributed by atoms with Crippen LogP contribution in [0.5, 0.6) is 0 Å². The number of hydrogen-bond donors (Lipinski definition) is 0. The molecular formula is C15H21NO3. The third kappa shape index (κ3) is 3.03. The molecule has 1 aliphatic heterocycles. The zero-order chi connectivity index (χ0) is 13.8. The van der Waals surface area contributed by atoms with Gasteiger partial charge in [-0.1, -0.05) is 30.3 Å². The topological polar surface area (TPSA) is 38.8 Å². The number of nitrogens with zero attached hydrogens (tertiary/aromatic N) is 1. The zero-order valence-corrected chi connectivity index (χ0v) is 11.7. The lowest BCUT2D eigenvalue weighted by Crippen LogP contribution is -2.38. The highest BCUT2D eigenvalue weighted by molar-refractivity contribution is 5.99. The van der Waals surface area contributed by atoms with Crippen molar-refractivity contribution >= 4 is 5.78 Å². The molecule has 3 unspecified atom stereocenters. The van der Waals surface area contributed by atoms with Gasteiger partial charge in [-0.05, 0) is 6.92 Å². The minimum absolute atomic E-state index is 0.0380. The van der Waals surface area contributed by atoms with Crippen molar-refractivity contribution in [3.63, 3.8) is 0 Å². The van der Waals surface area contributed by atoms with E-state index >= 15 is 0 Å². The van der Waals surface area contributed by atoms with Crippen LogP contribution >= 0.6 is 0 Å². The predicted molar refractivity (Wildman–Crippen MR) is 73.4 cm³/mol. The Morgan fingerprint density at radius 2 is 1.68 bits per heavy atom. The lowest BCUT2D eigenvalue weighted by atomic mass is 10.0. The van der Waals surface area contributed by atoms with E-state index in [-0.39, 0.29) is 24.0 Å². The molecule has 1 saturated heterocycles. The fourth-order valence-electron chi connectivity index (χ4n) is 2.55. The summed E-state index contributed by atoms with van der Waals surface area (Å²) < 4.78 is 10.8. The van der Waals surface area contributed by atoms with Crippen LogP contribution in [-0.4, -0.2) is 56.2 Å². The maximum atomic E-state index is 12.4. The second kappa shape index (κ2) is 6.28. The molecular weight excluding hydrogens is 242 g/mol. The summed E-state index contributed by atoms with van der Waals surface area (Å²) in [5.41, 5.74) is 0.754. The van der Waals surface area contributed by atoms with Gasteiger partial charge in [0.15, 0.2) is 5.78 Å². The van der Waals surface area contributed by atoms with Crippen molar-refractivity contribution in [1.82, 2.24) is 4.90 Å². The minimum Gasteiger partial charge on any atom is -0.377 e. The van der Waals surface area contributed by atoms with Gasteiger partial charge in [-0.15, -0.1) is 0 Å². The number of carbonyl (C=O) groups excluding carboxylic acids is 1. The maximum Gasteiger partial charge on any atom is 0.179 e. The van der Waals surface area contributed by atoms with Crippen LogP contribution in [0.2, 0.25) is 0 Å². The van der Waals surface area contributed by atoms with E-state index < -0.39 is 0 Å². The lowest BCUT2D eigenvalue weighted by Gasteiger charge is -2.22. The van der Waals surface area contributed by atoms with Crippen LogP contribution in [0.4, 0.5) is 0 Å². The van der Waals surface area contributed by atoms with Crippen LogP contribution in [-0.2, 0) is 9.47 Å². The van der Waals surface area contributed by atoms with Crippen molar-refractivity contribution in [3.8, 4) is 0 Å². The fourth-order valence-corrected chi connectivity index (χ4v) is 2.55. The van der Waals surface area contributed by atoms with E-state index in [9.17, 15) is 4.79 Å². The first kappa shape index (κ1) is 14.2. The molecule has 0 aromatic heterocycles. The fraction of sp³-hybridized carbons (Fsp3) is 0.533. The van der Waals surface area contributed by atoms with Gasteiger partial charge in [-0.2, -0.15) is 0 Å². The van der Waals surface area contributed by atoms with E-state index in [4.69, 9.17) is 9.47 Å². The normalized spacial score (nSPS) is 25.4. The summed E-state index contributed by atoms with van der Waals surface area (Å²) in [4.78, 5) is 14.5. The largest absolute Gasteiger partial charge is 0.377 e. The monoisotopic (exact) mass is 263 g/mol. The molecule has 1 aliphatic rings. The molecule has 0 aliphatic carbocycles. The van der Waals surface area contributed by atoms with Crippen LogP contribution in [0.1, 0.15) is 17.3 Å². The Morgan fingerprint density at radius 3 is 2.16 bits per heavy atom. The molecule has 4 nitrogen and oxygen atoms in total. The predicted octanol–water partition coefficient (Wildman–Crippen LogP) is 1.60. The number of methoxy groups -OCH3 is 2. The molecule has 104 valence electrons. The standard InChI is InChI=1S/C15H21NO3/c1-11(15(17)12-7-5-4-6-8-12)16-9-13(18-2)14(10-16)19-3/h4-8,11,13-14H,9-10H2,1-3H3. The molecule has 19 heavy (non-hydrogen) atoms. The number of ether oxygens (including phenoxy) is 2. The zero-order valence-electron chi connectivity index (χ0n) is 11.7. The molecule has 4 heteroatoms. The first-order valence-corrected chi connectivity index (χ1v) is 6.56. The van der Waals surface area contributed by atoms with Gasteiger partial charge in [0.2, 0.25) is 0 Å². The highest BCUT2D eigenvalue weighted by Crippen LogP contribution is 2.20. The van der Waals surface area contributed by atoms with Crippen LogP contribution in [0.3, 0.4) is 0 Å². The summed E-state index contributed by atoms with van der Waals surface area (Å²) in [5.74, 6) is 0.146. The van der Waals surface area contributed by atoms with E-state index in [1.54, 1.807) is 14.2 Å². The highest BCUT2D eigenvalue weighted by atomic mass is 16.5. The Morgan fingerprint density at radius 1 is 1.16 bits per heavy atom. The van der Waals surface area contributed by atoms with Crippen LogP contribution in [0, 0.1) is 0 Å². The van der Waals surface area contributed by atoms with Crippen molar-refractivity contribution in [1.29, 1.82) is 0 Å². The third-order valence-electron chi connectivity index (χ3n) is 3.83. The molecule has 1 aromatic rings. The Labute approximate surface area is 114 Å². The van der Waals surface area contributed by atoms with Gasteiger partial charge in [0.05, 0.1) is 18.2 Å². The SMILES string of the molecule is COC1CN(C(C)C(=O)c2ccccc2)CC1OC. The van der Waals surface area contributed by atoms with E-state index in [2.05, 4.69) is 4.90 Å². The molecule has 0 N–H and O–H groups in total. The summed E-state index contributed by atoms with van der Waals surface area (Å²) in [7, 11) is 3.37. The second-order valence-electron chi connectivity index (χ2n) is 4.91. The van der Waals surface area contributed by atoms with Crippen molar-refractivity contribution in [2.24, 2.45) is 0 Å². The molecule has 1 fully saturated rings. The Bertz CT molecular complexity index is 409. The quantitative estimate of drug-likeness (QED) is 0.756. The summed E-state index contributed by atoms with van der Waals surface area (Å²) in [6, 6.07) is 9.26. The molecule has 0 saturated carbocycles. The highest BCUT2D eigenvalue weighted by Gasteiger charge is 2.37. The molecule has 3 atom stereocenters. The molecule has 1 aromatic carbocycles. The van der Waals surface area contributed by atoms with Crippen molar-refractivity contribution in [2.45, 2.75) is 25.2 Å². The summed E-state index contributed by atoms with van der Waals surface area (Å²) >= 11 is 0. The Hall–Kier alpha value is -1.23. The summed E-state index contributed by atoms with van der Waals surface area (Å²) in [6.07, 6.45) is 0.0760. The number of benzene rings is 1. The number of likely N-dealkylation sites (tertiary alicyclic amines) is 1. The Kier molecular flexibility index (Phi) is 4.69. The van der Waals surface area contributed by atoms with Gasteiger partial charge < -0.3 is 9.47 Å². The number of Topliss-reactive ketones (excluding diaryl/α,β-unsaturated/α-hetero) is 1. The lowest BCUT2D eigenvalue weighted by molar-refractivity contribution is -0.00461. The smallest absolute Gasteiger partial charge is 0.179 e. The molecule has 2 rings (SSSR count). The summed E-state index contributed by atoms with van der Waals surface area (Å²) in [6.45, 7) is 3.41. The van der Waals surface area contributed by atoms with Crippen molar-refractivity contribution < 1.29 is 14.3 Å². The van der Waals surface area contributed by atoms with Crippen molar-refractivity contribution in [2.75, 3.05) is 27.3 Å². The van der Waals surface area contributed by atoms with E-state index in [1.807, 2.05) is 37.3 Å². The second-order valence-corrected chi connectivity index (χ2v) is 4.91. The minimum atomic E-state index is -0.153. The number of rotatable bonds is 5. The average molecular weight is 263 g/mol. The van der Waals surface area contributed by atoms with E-state index in [1.165, 1.54) is 0 Å². The Balaban J connectivity index is 2.05. The average Bonchev–Trinajstić information content (AvgIpc) is 2.89. The number of ketones is 1. The molecule has 0 spiro atoms. The molecule has 1 heterocycles. The molecule has 0 radical (unpaired) electrons. The summed E-state index contributed by atoms with van der Waals surface area (Å²) in [5, 5.41) is 0. The van der Waals surface area contributed by atoms with Crippen LogP contribution in [0.15, 0.2) is 30.3 Å². The van der Waals surface area contributed by atoms with Gasteiger partial charge in [0, 0.05) is 32.9 Å². The van der Waals surface area contributed by atoms with Crippen molar-refractivity contribution in [3.05, 3.63) is 35.9 Å². The first-order valence-electron chi connectivity index (χ1n) is 6.56. The van der Waals surface area contributed by atoms with Gasteiger partial charge in [0.25, 0.3) is 0 Å². The first-order chi connectivity index (χ1) is 9.17. The molecule has 0 bridgehead atoms. The van der Waals surface area contributed by atoms with Gasteiger partial charge >= 0.3 is 0 Å². The van der Waals surface area contributed by atoms with E-state index in [0.717, 1.165) is 18.7 Å². The van der Waals surface area contributed by atoms with Gasteiger partial charge in [0.1, 0.15) is 0 Å².